The Hall–Kier alpha value is -1.10. The zero-order valence-electron chi connectivity index (χ0n) is 12.2. The second-order valence-corrected chi connectivity index (χ2v) is 6.88. The van der Waals surface area contributed by atoms with Gasteiger partial charge in [-0.3, -0.25) is 0 Å². The molecule has 1 aromatic rings. The van der Waals surface area contributed by atoms with Crippen LogP contribution < -0.4 is 0 Å². The van der Waals surface area contributed by atoms with Gasteiger partial charge in [0, 0.05) is 19.3 Å². The predicted octanol–water partition coefficient (Wildman–Crippen LogP) is 3.96. The fraction of sp³-hybridized carbons (Fsp3) is 0.600. The molecule has 0 aliphatic carbocycles. The third-order valence-electron chi connectivity index (χ3n) is 3.37. The van der Waals surface area contributed by atoms with E-state index in [2.05, 4.69) is 27.0 Å². The summed E-state index contributed by atoms with van der Waals surface area (Å²) in [5.74, 6) is 0.455. The van der Waals surface area contributed by atoms with Crippen LogP contribution in [0.5, 0.6) is 0 Å². The van der Waals surface area contributed by atoms with Crippen LogP contribution in [0.2, 0.25) is 0 Å². The van der Waals surface area contributed by atoms with Crippen LogP contribution in [0.15, 0.2) is 22.9 Å². The molecule has 0 bridgehead atoms. The Morgan fingerprint density at radius 3 is 2.60 bits per heavy atom. The van der Waals surface area contributed by atoms with E-state index in [1.165, 1.54) is 5.56 Å². The summed E-state index contributed by atoms with van der Waals surface area (Å²) in [5.41, 5.74) is 0.802. The Bertz CT molecular complexity index is 477. The minimum Gasteiger partial charge on any atom is -0.444 e. The van der Waals surface area contributed by atoms with E-state index in [4.69, 9.17) is 4.74 Å². The van der Waals surface area contributed by atoms with E-state index in [0.29, 0.717) is 5.92 Å². The average molecular weight is 341 g/mol. The van der Waals surface area contributed by atoms with Crippen molar-refractivity contribution < 1.29 is 9.53 Å². The number of likely N-dealkylation sites (tertiary alicyclic amines) is 1. The van der Waals surface area contributed by atoms with Crippen molar-refractivity contribution in [2.45, 2.75) is 45.1 Å². The molecule has 1 aliphatic rings. The zero-order valence-corrected chi connectivity index (χ0v) is 13.8. The second-order valence-electron chi connectivity index (χ2n) is 6.13. The molecule has 0 unspecified atom stereocenters. The summed E-state index contributed by atoms with van der Waals surface area (Å²) >= 11 is 3.50. The SMILES string of the molecule is CC(C)(C)OC(=O)N1CCC(c2cccnc2Br)CC1. The molecule has 0 atom stereocenters. The van der Waals surface area contributed by atoms with Crippen molar-refractivity contribution in [3.05, 3.63) is 28.5 Å². The first-order valence-electron chi connectivity index (χ1n) is 6.95. The van der Waals surface area contributed by atoms with Crippen LogP contribution >= 0.6 is 15.9 Å². The molecule has 4 nitrogen and oxygen atoms in total. The van der Waals surface area contributed by atoms with E-state index in [9.17, 15) is 4.79 Å². The molecule has 5 heteroatoms. The van der Waals surface area contributed by atoms with Crippen LogP contribution in [0.25, 0.3) is 0 Å². The van der Waals surface area contributed by atoms with Gasteiger partial charge < -0.3 is 9.64 Å². The maximum absolute atomic E-state index is 12.0. The number of hydrogen-bond acceptors (Lipinski definition) is 3. The standard InChI is InChI=1S/C15H21BrN2O2/c1-15(2,3)20-14(19)18-9-6-11(7-10-18)12-5-4-8-17-13(12)16/h4-5,8,11H,6-7,9-10H2,1-3H3. The Balaban J connectivity index is 1.93. The number of aromatic nitrogens is 1. The van der Waals surface area contributed by atoms with E-state index in [1.807, 2.05) is 26.8 Å². The van der Waals surface area contributed by atoms with Crippen LogP contribution in [0.3, 0.4) is 0 Å². The fourth-order valence-electron chi connectivity index (χ4n) is 2.40. The van der Waals surface area contributed by atoms with Crippen LogP contribution in [-0.2, 0) is 4.74 Å². The molecule has 1 fully saturated rings. The lowest BCUT2D eigenvalue weighted by atomic mass is 9.91. The summed E-state index contributed by atoms with van der Waals surface area (Å²) in [7, 11) is 0. The molecule has 1 amide bonds. The van der Waals surface area contributed by atoms with E-state index < -0.39 is 5.60 Å². The largest absolute Gasteiger partial charge is 0.444 e. The lowest BCUT2D eigenvalue weighted by Gasteiger charge is -2.33. The number of halogens is 1. The molecule has 0 aromatic carbocycles. The summed E-state index contributed by atoms with van der Waals surface area (Å²) in [5, 5.41) is 0. The van der Waals surface area contributed by atoms with E-state index >= 15 is 0 Å². The number of hydrogen-bond donors (Lipinski definition) is 0. The first kappa shape index (κ1) is 15.3. The van der Waals surface area contributed by atoms with E-state index in [-0.39, 0.29) is 6.09 Å². The topological polar surface area (TPSA) is 42.4 Å². The quantitative estimate of drug-likeness (QED) is 0.726. The summed E-state index contributed by atoms with van der Waals surface area (Å²) in [6.07, 6.45) is 3.47. The molecule has 1 saturated heterocycles. The van der Waals surface area contributed by atoms with Gasteiger partial charge in [0.15, 0.2) is 0 Å². The molecule has 110 valence electrons. The normalized spacial score (nSPS) is 17.1. The van der Waals surface area contributed by atoms with Crippen molar-refractivity contribution in [2.75, 3.05) is 13.1 Å². The minimum absolute atomic E-state index is 0.207. The van der Waals surface area contributed by atoms with Gasteiger partial charge in [0.05, 0.1) is 0 Å². The monoisotopic (exact) mass is 340 g/mol. The van der Waals surface area contributed by atoms with Crippen LogP contribution in [0, 0.1) is 0 Å². The van der Waals surface area contributed by atoms with Gasteiger partial charge in [-0.05, 0) is 67.1 Å². The zero-order chi connectivity index (χ0) is 14.8. The van der Waals surface area contributed by atoms with Crippen molar-refractivity contribution in [3.8, 4) is 0 Å². The van der Waals surface area contributed by atoms with Crippen molar-refractivity contribution >= 4 is 22.0 Å². The van der Waals surface area contributed by atoms with Crippen LogP contribution in [0.4, 0.5) is 4.79 Å². The number of pyridine rings is 1. The Kier molecular flexibility index (Phi) is 4.68. The number of piperidine rings is 1. The van der Waals surface area contributed by atoms with Gasteiger partial charge in [-0.15, -0.1) is 0 Å². The van der Waals surface area contributed by atoms with Gasteiger partial charge in [-0.1, -0.05) is 6.07 Å². The number of carbonyl (C=O) groups excluding carboxylic acids is 1. The summed E-state index contributed by atoms with van der Waals surface area (Å²) < 4.78 is 6.32. The smallest absolute Gasteiger partial charge is 0.410 e. The number of nitrogens with zero attached hydrogens (tertiary/aromatic N) is 2. The van der Waals surface area contributed by atoms with Crippen LogP contribution in [0.1, 0.15) is 45.1 Å². The van der Waals surface area contributed by atoms with Gasteiger partial charge in [0.25, 0.3) is 0 Å². The third kappa shape index (κ3) is 3.95. The third-order valence-corrected chi connectivity index (χ3v) is 4.04. The molecular weight excluding hydrogens is 320 g/mol. The van der Waals surface area contributed by atoms with Crippen molar-refractivity contribution in [2.24, 2.45) is 0 Å². The van der Waals surface area contributed by atoms with Gasteiger partial charge in [-0.25, -0.2) is 9.78 Å². The van der Waals surface area contributed by atoms with Gasteiger partial charge >= 0.3 is 6.09 Å². The first-order valence-corrected chi connectivity index (χ1v) is 7.74. The first-order chi connectivity index (χ1) is 9.37. The summed E-state index contributed by atoms with van der Waals surface area (Å²) in [6, 6.07) is 4.06. The molecule has 0 N–H and O–H groups in total. The molecule has 1 aromatic heterocycles. The maximum atomic E-state index is 12.0. The minimum atomic E-state index is -0.430. The summed E-state index contributed by atoms with van der Waals surface area (Å²) in [4.78, 5) is 18.1. The fourth-order valence-corrected chi connectivity index (χ4v) is 2.98. The molecule has 2 heterocycles. The molecule has 20 heavy (non-hydrogen) atoms. The van der Waals surface area contributed by atoms with Gasteiger partial charge in [0.1, 0.15) is 10.2 Å². The Morgan fingerprint density at radius 2 is 2.05 bits per heavy atom. The van der Waals surface area contributed by atoms with E-state index in [0.717, 1.165) is 30.5 Å². The van der Waals surface area contributed by atoms with Gasteiger partial charge in [-0.2, -0.15) is 0 Å². The van der Waals surface area contributed by atoms with Crippen molar-refractivity contribution in [3.63, 3.8) is 0 Å². The Morgan fingerprint density at radius 1 is 1.40 bits per heavy atom. The molecule has 0 radical (unpaired) electrons. The number of rotatable bonds is 1. The highest BCUT2D eigenvalue weighted by atomic mass is 79.9. The second kappa shape index (κ2) is 6.12. The number of ether oxygens (including phenoxy) is 1. The maximum Gasteiger partial charge on any atom is 0.410 e. The predicted molar refractivity (Wildman–Crippen MR) is 81.7 cm³/mol. The average Bonchev–Trinajstić information content (AvgIpc) is 2.37. The summed E-state index contributed by atoms with van der Waals surface area (Å²) in [6.45, 7) is 7.15. The molecule has 0 saturated carbocycles. The van der Waals surface area contributed by atoms with Gasteiger partial charge in [0.2, 0.25) is 0 Å². The molecule has 0 spiro atoms. The number of amides is 1. The molecule has 1 aliphatic heterocycles. The lowest BCUT2D eigenvalue weighted by molar-refractivity contribution is 0.0204. The number of carbonyl (C=O) groups is 1. The highest BCUT2D eigenvalue weighted by molar-refractivity contribution is 9.10. The molecular formula is C15H21BrN2O2. The highest BCUT2D eigenvalue weighted by Gasteiger charge is 2.28. The van der Waals surface area contributed by atoms with Crippen molar-refractivity contribution in [1.29, 1.82) is 0 Å². The van der Waals surface area contributed by atoms with Crippen molar-refractivity contribution in [1.82, 2.24) is 9.88 Å². The Labute approximate surface area is 128 Å². The van der Waals surface area contributed by atoms with Crippen LogP contribution in [-0.4, -0.2) is 34.7 Å². The highest BCUT2D eigenvalue weighted by Crippen LogP contribution is 2.32. The lowest BCUT2D eigenvalue weighted by Crippen LogP contribution is -2.41. The van der Waals surface area contributed by atoms with E-state index in [1.54, 1.807) is 11.1 Å². The molecule has 2 rings (SSSR count).